The second kappa shape index (κ2) is 6.52. The maximum absolute atomic E-state index is 11.7. The molecule has 8 heteroatoms. The van der Waals surface area contributed by atoms with E-state index in [0.717, 1.165) is 19.3 Å². The summed E-state index contributed by atoms with van der Waals surface area (Å²) < 4.78 is 32.8. The molecule has 2 aliphatic heterocycles. The second-order valence-electron chi connectivity index (χ2n) is 6.26. The highest BCUT2D eigenvalue weighted by Crippen LogP contribution is 2.28. The van der Waals surface area contributed by atoms with Gasteiger partial charge < -0.3 is 15.8 Å². The molecule has 2 heterocycles. The molecule has 1 aromatic rings. The van der Waals surface area contributed by atoms with Gasteiger partial charge in [-0.25, -0.2) is 8.42 Å². The Morgan fingerprint density at radius 2 is 2.21 bits per heavy atom. The average Bonchev–Trinajstić information content (AvgIpc) is 2.51. The summed E-state index contributed by atoms with van der Waals surface area (Å²) in [4.78, 5) is 11.5. The van der Waals surface area contributed by atoms with Gasteiger partial charge in [-0.2, -0.15) is 0 Å². The molecule has 1 aromatic carbocycles. The number of Topliss-reactive ketones (excluding diaryl/α,β-unsaturated/α-hetero) is 1. The number of fused-ring (bicyclic) bond motifs is 1. The first-order valence-electron chi connectivity index (χ1n) is 7.95. The Bertz CT molecular complexity index is 789. The monoisotopic (exact) mass is 351 g/mol. The van der Waals surface area contributed by atoms with Crippen molar-refractivity contribution < 1.29 is 17.9 Å². The van der Waals surface area contributed by atoms with E-state index in [9.17, 15) is 13.2 Å². The SMILES string of the molecule is CC(=O)C1CCCC(COc2cccc3c2C(N)=NS(=O)(=O)C3)N1. The quantitative estimate of drug-likeness (QED) is 0.827. The van der Waals surface area contributed by atoms with Gasteiger partial charge in [-0.15, -0.1) is 4.40 Å². The standard InChI is InChI=1S/C16H21N3O4S/c1-10(20)13-6-3-5-12(18-13)8-23-14-7-2-4-11-9-24(21,22)19-16(17)15(11)14/h2,4,7,12-13,18H,3,5-6,8-9H2,1H3,(H2,17,19). The van der Waals surface area contributed by atoms with Crippen LogP contribution in [0.2, 0.25) is 0 Å². The maximum Gasteiger partial charge on any atom is 0.259 e. The summed E-state index contributed by atoms with van der Waals surface area (Å²) in [5, 5.41) is 3.30. The molecule has 7 nitrogen and oxygen atoms in total. The van der Waals surface area contributed by atoms with Crippen LogP contribution < -0.4 is 15.8 Å². The minimum absolute atomic E-state index is 0.0370. The van der Waals surface area contributed by atoms with Crippen LogP contribution in [-0.4, -0.2) is 38.7 Å². The van der Waals surface area contributed by atoms with E-state index >= 15 is 0 Å². The van der Waals surface area contributed by atoms with Crippen LogP contribution in [0.3, 0.4) is 0 Å². The lowest BCUT2D eigenvalue weighted by Gasteiger charge is -2.30. The maximum atomic E-state index is 11.7. The predicted molar refractivity (Wildman–Crippen MR) is 90.5 cm³/mol. The molecule has 24 heavy (non-hydrogen) atoms. The van der Waals surface area contributed by atoms with Gasteiger partial charge in [0.1, 0.15) is 24.0 Å². The zero-order valence-electron chi connectivity index (χ0n) is 13.5. The number of nitrogens with one attached hydrogen (secondary N) is 1. The van der Waals surface area contributed by atoms with Crippen molar-refractivity contribution in [3.8, 4) is 5.75 Å². The molecular weight excluding hydrogens is 330 g/mol. The molecule has 130 valence electrons. The van der Waals surface area contributed by atoms with Gasteiger partial charge in [-0.1, -0.05) is 12.1 Å². The van der Waals surface area contributed by atoms with E-state index < -0.39 is 10.0 Å². The van der Waals surface area contributed by atoms with Crippen LogP contribution in [0.15, 0.2) is 22.6 Å². The largest absolute Gasteiger partial charge is 0.491 e. The highest BCUT2D eigenvalue weighted by atomic mass is 32.2. The molecule has 2 atom stereocenters. The van der Waals surface area contributed by atoms with Crippen LogP contribution in [0.4, 0.5) is 0 Å². The lowest BCUT2D eigenvalue weighted by Crippen LogP contribution is -2.48. The molecule has 0 radical (unpaired) electrons. The lowest BCUT2D eigenvalue weighted by atomic mass is 9.97. The zero-order chi connectivity index (χ0) is 17.3. The summed E-state index contributed by atoms with van der Waals surface area (Å²) in [6.07, 6.45) is 2.75. The second-order valence-corrected chi connectivity index (χ2v) is 7.90. The first-order valence-corrected chi connectivity index (χ1v) is 9.56. The number of hydrogen-bond acceptors (Lipinski definition) is 6. The van der Waals surface area contributed by atoms with E-state index in [1.54, 1.807) is 25.1 Å². The van der Waals surface area contributed by atoms with Crippen molar-refractivity contribution in [2.75, 3.05) is 6.61 Å². The van der Waals surface area contributed by atoms with Crippen LogP contribution in [0.5, 0.6) is 5.75 Å². The summed E-state index contributed by atoms with van der Waals surface area (Å²) in [6, 6.07) is 5.17. The smallest absolute Gasteiger partial charge is 0.259 e. The Labute approximate surface area is 141 Å². The predicted octanol–water partition coefficient (Wildman–Crippen LogP) is 0.714. The molecule has 1 saturated heterocycles. The first-order chi connectivity index (χ1) is 11.4. The third kappa shape index (κ3) is 3.59. The number of rotatable bonds is 4. The van der Waals surface area contributed by atoms with Gasteiger partial charge in [0.2, 0.25) is 0 Å². The van der Waals surface area contributed by atoms with Gasteiger partial charge in [0.05, 0.1) is 17.4 Å². The normalized spacial score (nSPS) is 25.5. The van der Waals surface area contributed by atoms with Crippen molar-refractivity contribution in [3.63, 3.8) is 0 Å². The summed E-state index contributed by atoms with van der Waals surface area (Å²) in [7, 11) is -3.56. The van der Waals surface area contributed by atoms with E-state index in [4.69, 9.17) is 10.5 Å². The Morgan fingerprint density at radius 1 is 1.42 bits per heavy atom. The van der Waals surface area contributed by atoms with Crippen LogP contribution in [0, 0.1) is 0 Å². The number of carbonyl (C=O) groups excluding carboxylic acids is 1. The highest BCUT2D eigenvalue weighted by Gasteiger charge is 2.27. The number of sulfonamides is 1. The summed E-state index contributed by atoms with van der Waals surface area (Å²) in [5.41, 5.74) is 6.97. The fourth-order valence-electron chi connectivity index (χ4n) is 3.19. The third-order valence-corrected chi connectivity index (χ3v) is 5.51. The van der Waals surface area contributed by atoms with E-state index in [2.05, 4.69) is 9.71 Å². The zero-order valence-corrected chi connectivity index (χ0v) is 14.3. The topological polar surface area (TPSA) is 111 Å². The van der Waals surface area contributed by atoms with Crippen molar-refractivity contribution in [2.45, 2.75) is 44.0 Å². The van der Waals surface area contributed by atoms with Crippen LogP contribution in [-0.2, 0) is 20.6 Å². The fraction of sp³-hybridized carbons (Fsp3) is 0.500. The van der Waals surface area contributed by atoms with E-state index in [1.807, 2.05) is 0 Å². The van der Waals surface area contributed by atoms with Crippen LogP contribution >= 0.6 is 0 Å². The number of ketones is 1. The third-order valence-electron chi connectivity index (χ3n) is 4.36. The summed E-state index contributed by atoms with van der Waals surface area (Å²) in [6.45, 7) is 1.98. The number of ether oxygens (including phenoxy) is 1. The molecular formula is C16H21N3O4S. The molecule has 0 amide bonds. The number of piperidine rings is 1. The number of hydrogen-bond donors (Lipinski definition) is 2. The summed E-state index contributed by atoms with van der Waals surface area (Å²) >= 11 is 0. The van der Waals surface area contributed by atoms with Gasteiger partial charge in [0.15, 0.2) is 0 Å². The Hall–Kier alpha value is -1.93. The van der Waals surface area contributed by atoms with Gasteiger partial charge in [0, 0.05) is 6.04 Å². The minimum atomic E-state index is -3.56. The van der Waals surface area contributed by atoms with Crippen LogP contribution in [0.1, 0.15) is 37.3 Å². The number of amidine groups is 1. The fourth-order valence-corrected chi connectivity index (χ4v) is 4.28. The molecule has 0 spiro atoms. The molecule has 0 bridgehead atoms. The van der Waals surface area contributed by atoms with Gasteiger partial charge in [-0.3, -0.25) is 4.79 Å². The minimum Gasteiger partial charge on any atom is -0.491 e. The molecule has 0 saturated carbocycles. The number of benzene rings is 1. The Kier molecular flexibility index (Phi) is 4.60. The van der Waals surface area contributed by atoms with Gasteiger partial charge in [0.25, 0.3) is 10.0 Å². The molecule has 1 fully saturated rings. The van der Waals surface area contributed by atoms with Crippen molar-refractivity contribution >= 4 is 21.6 Å². The van der Waals surface area contributed by atoms with E-state index in [1.165, 1.54) is 0 Å². The van der Waals surface area contributed by atoms with Crippen molar-refractivity contribution in [1.29, 1.82) is 0 Å². The van der Waals surface area contributed by atoms with E-state index in [0.29, 0.717) is 23.5 Å². The number of nitrogens with two attached hydrogens (primary N) is 1. The average molecular weight is 351 g/mol. The Balaban J connectivity index is 1.74. The number of nitrogens with zero attached hydrogens (tertiary/aromatic N) is 1. The Morgan fingerprint density at radius 3 is 2.96 bits per heavy atom. The van der Waals surface area contributed by atoms with Gasteiger partial charge in [-0.05, 0) is 37.8 Å². The van der Waals surface area contributed by atoms with Crippen molar-refractivity contribution in [3.05, 3.63) is 29.3 Å². The van der Waals surface area contributed by atoms with Gasteiger partial charge >= 0.3 is 0 Å². The molecule has 0 aromatic heterocycles. The molecule has 2 aliphatic rings. The van der Waals surface area contributed by atoms with Crippen LogP contribution in [0.25, 0.3) is 0 Å². The highest BCUT2D eigenvalue weighted by molar-refractivity contribution is 7.89. The molecule has 2 unspecified atom stereocenters. The molecule has 3 rings (SSSR count). The first kappa shape index (κ1) is 16.9. The lowest BCUT2D eigenvalue weighted by molar-refractivity contribution is -0.119. The number of carbonyl (C=O) groups is 1. The van der Waals surface area contributed by atoms with Crippen molar-refractivity contribution in [2.24, 2.45) is 10.1 Å². The molecule has 3 N–H and O–H groups in total. The summed E-state index contributed by atoms with van der Waals surface area (Å²) in [5.74, 6) is 0.452. The van der Waals surface area contributed by atoms with E-state index in [-0.39, 0.29) is 29.5 Å². The van der Waals surface area contributed by atoms with Crippen molar-refractivity contribution in [1.82, 2.24) is 5.32 Å². The molecule has 0 aliphatic carbocycles.